The van der Waals surface area contributed by atoms with Crippen LogP contribution in [0.15, 0.2) is 24.3 Å². The first-order valence-corrected chi connectivity index (χ1v) is 3.21. The van der Waals surface area contributed by atoms with Crippen molar-refractivity contribution >= 4 is 59.1 Å². The number of allylic oxidation sites excluding steroid dienone is 2. The monoisotopic (exact) mass is 170 g/mol. The van der Waals surface area contributed by atoms with Gasteiger partial charge < -0.3 is 5.11 Å². The van der Waals surface area contributed by atoms with Crippen molar-refractivity contribution in [3.8, 4) is 0 Å². The van der Waals surface area contributed by atoms with Gasteiger partial charge in [-0.1, -0.05) is 31.2 Å². The van der Waals surface area contributed by atoms with E-state index in [4.69, 9.17) is 0 Å². The summed E-state index contributed by atoms with van der Waals surface area (Å²) >= 11 is 0. The zero-order valence-corrected chi connectivity index (χ0v) is 11.8. The maximum Gasteiger partial charge on any atom is 0.0862 e. The van der Waals surface area contributed by atoms with E-state index in [2.05, 4.69) is 0 Å². The Morgan fingerprint density at radius 2 is 1.82 bits per heavy atom. The van der Waals surface area contributed by atoms with E-state index in [9.17, 15) is 5.11 Å². The summed E-state index contributed by atoms with van der Waals surface area (Å²) in [5, 5.41) is 9.50. The molecule has 0 aromatic carbocycles. The molecule has 0 aliphatic heterocycles. The van der Waals surface area contributed by atoms with Crippen LogP contribution in [0.3, 0.4) is 0 Å². The Kier molecular flexibility index (Phi) is 8.12. The van der Waals surface area contributed by atoms with Crippen LogP contribution in [0.1, 0.15) is 13.8 Å². The van der Waals surface area contributed by atoms with E-state index in [1.807, 2.05) is 38.2 Å². The molecule has 0 aromatic rings. The molecular weight excluding hydrogens is 158 g/mol. The zero-order valence-electron chi connectivity index (χ0n) is 7.83. The molecule has 0 bridgehead atoms. The molecule has 11 heavy (non-hydrogen) atoms. The Labute approximate surface area is 113 Å². The van der Waals surface area contributed by atoms with Crippen LogP contribution in [-0.2, 0) is 0 Å². The van der Waals surface area contributed by atoms with Crippen LogP contribution in [0.4, 0.5) is 0 Å². The summed E-state index contributed by atoms with van der Waals surface area (Å²) in [6, 6.07) is 0. The second kappa shape index (κ2) is 5.98. The van der Waals surface area contributed by atoms with Gasteiger partial charge in [-0.3, -0.25) is 0 Å². The molecule has 0 spiro atoms. The largest absolute Gasteiger partial charge is 0.385 e. The number of aliphatic hydroxyl groups is 1. The van der Waals surface area contributed by atoms with E-state index in [-0.39, 0.29) is 65.0 Å². The summed E-state index contributed by atoms with van der Waals surface area (Å²) in [6.07, 6.45) is 7.65. The molecule has 1 nitrogen and oxygen atoms in total. The van der Waals surface area contributed by atoms with Gasteiger partial charge in [-0.05, 0) is 6.92 Å². The molecular formula is C8H12Na2O. The van der Waals surface area contributed by atoms with Gasteiger partial charge in [-0.2, -0.15) is 0 Å². The molecule has 3 heteroatoms. The van der Waals surface area contributed by atoms with Crippen LogP contribution in [0.25, 0.3) is 0 Å². The van der Waals surface area contributed by atoms with Gasteiger partial charge in [0.1, 0.15) is 0 Å². The fourth-order valence-electron chi connectivity index (χ4n) is 0.828. The second-order valence-corrected chi connectivity index (χ2v) is 2.76. The molecule has 2 atom stereocenters. The summed E-state index contributed by atoms with van der Waals surface area (Å²) in [6.45, 7) is 3.82. The third-order valence-corrected chi connectivity index (χ3v) is 1.87. The Balaban J connectivity index is 0. The molecule has 0 aromatic heterocycles. The van der Waals surface area contributed by atoms with Crippen LogP contribution in [-0.4, -0.2) is 69.8 Å². The molecule has 0 saturated heterocycles. The fourth-order valence-corrected chi connectivity index (χ4v) is 0.828. The van der Waals surface area contributed by atoms with Gasteiger partial charge >= 0.3 is 0 Å². The van der Waals surface area contributed by atoms with Crippen LogP contribution < -0.4 is 0 Å². The van der Waals surface area contributed by atoms with Crippen LogP contribution in [0.5, 0.6) is 0 Å². The van der Waals surface area contributed by atoms with Gasteiger partial charge in [0.2, 0.25) is 0 Å². The van der Waals surface area contributed by atoms with Crippen LogP contribution in [0.2, 0.25) is 0 Å². The van der Waals surface area contributed by atoms with Crippen molar-refractivity contribution in [1.82, 2.24) is 0 Å². The van der Waals surface area contributed by atoms with E-state index in [1.54, 1.807) is 0 Å². The van der Waals surface area contributed by atoms with E-state index in [1.165, 1.54) is 0 Å². The van der Waals surface area contributed by atoms with Crippen molar-refractivity contribution in [3.63, 3.8) is 0 Å². The standard InChI is InChI=1S/C8H12O.2Na/c1-7-5-3-4-6-8(7,2)9;;/h3-7,9H,1-2H3;;. The number of hydrogen-bond donors (Lipinski definition) is 1. The smallest absolute Gasteiger partial charge is 0.0862 e. The molecule has 1 N–H and O–H groups in total. The Morgan fingerprint density at radius 1 is 1.27 bits per heavy atom. The number of hydrogen-bond acceptors (Lipinski definition) is 1. The van der Waals surface area contributed by atoms with Crippen molar-refractivity contribution in [2.75, 3.05) is 0 Å². The molecule has 0 heterocycles. The maximum atomic E-state index is 9.50. The van der Waals surface area contributed by atoms with E-state index >= 15 is 0 Å². The van der Waals surface area contributed by atoms with E-state index in [0.717, 1.165) is 0 Å². The third-order valence-electron chi connectivity index (χ3n) is 1.87. The molecule has 0 amide bonds. The molecule has 1 rings (SSSR count). The molecule has 1 aliphatic carbocycles. The molecule has 0 fully saturated rings. The van der Waals surface area contributed by atoms with Gasteiger partial charge in [0.15, 0.2) is 0 Å². The van der Waals surface area contributed by atoms with Gasteiger partial charge in [0.05, 0.1) is 5.60 Å². The minimum Gasteiger partial charge on any atom is -0.385 e. The topological polar surface area (TPSA) is 20.2 Å². The first kappa shape index (κ1) is 14.9. The van der Waals surface area contributed by atoms with Crippen LogP contribution >= 0.6 is 0 Å². The normalized spacial score (nSPS) is 33.9. The van der Waals surface area contributed by atoms with Gasteiger partial charge in [0.25, 0.3) is 0 Å². The quantitative estimate of drug-likeness (QED) is 0.531. The first-order valence-electron chi connectivity index (χ1n) is 3.21. The predicted octanol–water partition coefficient (Wildman–Crippen LogP) is 0.738. The van der Waals surface area contributed by atoms with Crippen molar-refractivity contribution < 1.29 is 5.11 Å². The Hall–Kier alpha value is 1.44. The molecule has 1 aliphatic rings. The summed E-state index contributed by atoms with van der Waals surface area (Å²) < 4.78 is 0. The minimum atomic E-state index is -0.630. The summed E-state index contributed by atoms with van der Waals surface area (Å²) in [4.78, 5) is 0. The van der Waals surface area contributed by atoms with Crippen molar-refractivity contribution in [2.24, 2.45) is 5.92 Å². The van der Waals surface area contributed by atoms with Crippen LogP contribution in [0, 0.1) is 5.92 Å². The fraction of sp³-hybridized carbons (Fsp3) is 0.500. The summed E-state index contributed by atoms with van der Waals surface area (Å²) in [5.74, 6) is 0.238. The van der Waals surface area contributed by atoms with Gasteiger partial charge in [-0.15, -0.1) is 0 Å². The predicted molar refractivity (Wildman–Crippen MR) is 49.6 cm³/mol. The summed E-state index contributed by atoms with van der Waals surface area (Å²) in [5.41, 5.74) is -0.630. The molecule has 52 valence electrons. The van der Waals surface area contributed by atoms with E-state index < -0.39 is 5.60 Å². The Morgan fingerprint density at radius 3 is 2.09 bits per heavy atom. The van der Waals surface area contributed by atoms with Crippen molar-refractivity contribution in [2.45, 2.75) is 19.4 Å². The summed E-state index contributed by atoms with van der Waals surface area (Å²) in [7, 11) is 0. The van der Waals surface area contributed by atoms with E-state index in [0.29, 0.717) is 0 Å². The average molecular weight is 170 g/mol. The maximum absolute atomic E-state index is 9.50. The minimum absolute atomic E-state index is 0. The second-order valence-electron chi connectivity index (χ2n) is 2.76. The Bertz CT molecular complexity index is 161. The molecule has 0 saturated carbocycles. The SMILES string of the molecule is CC1C=CC=CC1(C)O.[Na].[Na]. The molecule has 2 radical (unpaired) electrons. The molecule has 2 unspecified atom stereocenters. The van der Waals surface area contributed by atoms with Crippen molar-refractivity contribution in [1.29, 1.82) is 0 Å². The van der Waals surface area contributed by atoms with Gasteiger partial charge in [-0.25, -0.2) is 0 Å². The van der Waals surface area contributed by atoms with Gasteiger partial charge in [0, 0.05) is 65.0 Å². The van der Waals surface area contributed by atoms with Crippen molar-refractivity contribution in [3.05, 3.63) is 24.3 Å². The number of rotatable bonds is 0. The first-order chi connectivity index (χ1) is 4.13. The third kappa shape index (κ3) is 4.28. The average Bonchev–Trinajstić information content (AvgIpc) is 1.77. The zero-order chi connectivity index (χ0) is 6.91.